The van der Waals surface area contributed by atoms with E-state index in [-0.39, 0.29) is 5.91 Å². The molecule has 2 heterocycles. The van der Waals surface area contributed by atoms with E-state index in [0.29, 0.717) is 15.8 Å². The van der Waals surface area contributed by atoms with Crippen LogP contribution >= 0.6 is 35.3 Å². The van der Waals surface area contributed by atoms with Crippen LogP contribution in [-0.2, 0) is 11.3 Å². The third kappa shape index (κ3) is 3.26. The van der Waals surface area contributed by atoms with E-state index >= 15 is 0 Å². The Morgan fingerprint density at radius 3 is 2.62 bits per heavy atom. The molecule has 0 spiro atoms. The quantitative estimate of drug-likeness (QED) is 0.612. The predicted octanol–water partition coefficient (Wildman–Crippen LogP) is 4.46. The molecule has 1 saturated heterocycles. The van der Waals surface area contributed by atoms with Crippen LogP contribution in [0.3, 0.4) is 0 Å². The summed E-state index contributed by atoms with van der Waals surface area (Å²) >= 11 is 8.41. The van der Waals surface area contributed by atoms with E-state index in [2.05, 4.69) is 13.0 Å². The summed E-state index contributed by atoms with van der Waals surface area (Å²) in [7, 11) is 0. The van der Waals surface area contributed by atoms with Crippen LogP contribution in [0.5, 0.6) is 0 Å². The Morgan fingerprint density at radius 1 is 1.19 bits per heavy atom. The van der Waals surface area contributed by atoms with Crippen LogP contribution in [-0.4, -0.2) is 15.1 Å². The Labute approximate surface area is 137 Å². The molecule has 0 bridgehead atoms. The molecule has 1 aromatic carbocycles. The summed E-state index contributed by atoms with van der Waals surface area (Å²) in [5.74, 6) is -0.0000869. The monoisotopic (exact) mass is 331 g/mol. The zero-order chi connectivity index (χ0) is 14.8. The number of thioether (sulfide) groups is 1. The molecule has 1 aromatic heterocycles. The molecule has 0 aliphatic carbocycles. The zero-order valence-corrected chi connectivity index (χ0v) is 13.9. The average molecular weight is 331 g/mol. The molecule has 106 valence electrons. The second-order valence-electron chi connectivity index (χ2n) is 4.70. The first-order valence-corrected chi connectivity index (χ1v) is 8.53. The van der Waals surface area contributed by atoms with Crippen molar-refractivity contribution in [2.45, 2.75) is 13.5 Å². The van der Waals surface area contributed by atoms with Crippen LogP contribution in [0.2, 0.25) is 0 Å². The lowest BCUT2D eigenvalue weighted by atomic mass is 10.2. The molecule has 0 N–H and O–H groups in total. The Balaban J connectivity index is 1.81. The summed E-state index contributed by atoms with van der Waals surface area (Å²) in [6.07, 6.45) is 1.93. The van der Waals surface area contributed by atoms with Crippen LogP contribution in [0, 0.1) is 6.92 Å². The lowest BCUT2D eigenvalue weighted by Crippen LogP contribution is -2.27. The van der Waals surface area contributed by atoms with Crippen molar-refractivity contribution in [1.29, 1.82) is 0 Å². The summed E-state index contributed by atoms with van der Waals surface area (Å²) in [6.45, 7) is 2.59. The number of hydrogen-bond acceptors (Lipinski definition) is 4. The minimum absolute atomic E-state index is 0.0000869. The van der Waals surface area contributed by atoms with Gasteiger partial charge >= 0.3 is 0 Å². The van der Waals surface area contributed by atoms with Crippen molar-refractivity contribution in [3.8, 4) is 0 Å². The number of benzene rings is 1. The van der Waals surface area contributed by atoms with E-state index < -0.39 is 0 Å². The topological polar surface area (TPSA) is 20.3 Å². The molecule has 0 atom stereocenters. The van der Waals surface area contributed by atoms with Crippen molar-refractivity contribution in [2.75, 3.05) is 0 Å². The molecule has 0 saturated carbocycles. The Morgan fingerprint density at radius 2 is 1.95 bits per heavy atom. The van der Waals surface area contributed by atoms with E-state index in [0.717, 1.165) is 10.4 Å². The normalized spacial score (nSPS) is 17.0. The fraction of sp³-hybridized carbons (Fsp3) is 0.125. The van der Waals surface area contributed by atoms with Gasteiger partial charge in [-0.3, -0.25) is 9.69 Å². The maximum Gasteiger partial charge on any atom is 0.266 e. The first-order chi connectivity index (χ1) is 10.1. The summed E-state index contributed by atoms with van der Waals surface area (Å²) in [6, 6.07) is 14.0. The van der Waals surface area contributed by atoms with E-state index in [1.165, 1.54) is 16.6 Å². The summed E-state index contributed by atoms with van der Waals surface area (Å²) in [5, 5.41) is 0. The predicted molar refractivity (Wildman–Crippen MR) is 94.2 cm³/mol. The fourth-order valence-electron chi connectivity index (χ4n) is 2.06. The van der Waals surface area contributed by atoms with Gasteiger partial charge in [-0.1, -0.05) is 54.3 Å². The molecule has 1 aliphatic rings. The molecule has 0 unspecified atom stereocenters. The van der Waals surface area contributed by atoms with Crippen LogP contribution in [0.25, 0.3) is 6.08 Å². The first kappa shape index (κ1) is 14.5. The summed E-state index contributed by atoms with van der Waals surface area (Å²) < 4.78 is 0.628. The lowest BCUT2D eigenvalue weighted by Gasteiger charge is -2.14. The second kappa shape index (κ2) is 6.13. The van der Waals surface area contributed by atoms with Crippen LogP contribution in [0.4, 0.5) is 0 Å². The van der Waals surface area contributed by atoms with Gasteiger partial charge in [-0.15, -0.1) is 11.3 Å². The van der Waals surface area contributed by atoms with Crippen molar-refractivity contribution in [3.05, 3.63) is 62.7 Å². The number of nitrogens with zero attached hydrogens (tertiary/aromatic N) is 1. The van der Waals surface area contributed by atoms with Gasteiger partial charge < -0.3 is 0 Å². The van der Waals surface area contributed by atoms with Gasteiger partial charge in [0.2, 0.25) is 0 Å². The van der Waals surface area contributed by atoms with Crippen LogP contribution in [0.1, 0.15) is 15.3 Å². The number of amides is 1. The maximum absolute atomic E-state index is 12.5. The molecule has 5 heteroatoms. The Bertz CT molecular complexity index is 718. The highest BCUT2D eigenvalue weighted by Gasteiger charge is 2.31. The summed E-state index contributed by atoms with van der Waals surface area (Å²) in [5.41, 5.74) is 1.09. The highest BCUT2D eigenvalue weighted by Crippen LogP contribution is 2.34. The van der Waals surface area contributed by atoms with Gasteiger partial charge in [-0.2, -0.15) is 0 Å². The average Bonchev–Trinajstić information content (AvgIpc) is 2.99. The second-order valence-corrected chi connectivity index (χ2v) is 7.70. The van der Waals surface area contributed by atoms with Gasteiger partial charge in [-0.25, -0.2) is 0 Å². The van der Waals surface area contributed by atoms with Gasteiger partial charge in [0.05, 0.1) is 11.4 Å². The van der Waals surface area contributed by atoms with Crippen LogP contribution in [0.15, 0.2) is 47.4 Å². The third-order valence-electron chi connectivity index (χ3n) is 3.09. The van der Waals surface area contributed by atoms with Gasteiger partial charge in [0.25, 0.3) is 5.91 Å². The Kier molecular flexibility index (Phi) is 4.24. The minimum atomic E-state index is -0.0000869. The van der Waals surface area contributed by atoms with Gasteiger partial charge in [0.1, 0.15) is 4.32 Å². The number of carbonyl (C=O) groups excluding carboxylic acids is 1. The number of hydrogen-bond donors (Lipinski definition) is 0. The van der Waals surface area contributed by atoms with E-state index in [1.54, 1.807) is 16.2 Å². The van der Waals surface area contributed by atoms with Crippen molar-refractivity contribution < 1.29 is 4.79 Å². The lowest BCUT2D eigenvalue weighted by molar-refractivity contribution is -0.122. The van der Waals surface area contributed by atoms with Gasteiger partial charge in [0, 0.05) is 9.75 Å². The molecule has 21 heavy (non-hydrogen) atoms. The van der Waals surface area contributed by atoms with Gasteiger partial charge in [0.15, 0.2) is 0 Å². The molecule has 1 aliphatic heterocycles. The number of thiophene rings is 1. The highest BCUT2D eigenvalue weighted by molar-refractivity contribution is 8.26. The molecule has 1 amide bonds. The third-order valence-corrected chi connectivity index (χ3v) is 5.42. The van der Waals surface area contributed by atoms with Crippen molar-refractivity contribution in [1.82, 2.24) is 4.90 Å². The molecular weight excluding hydrogens is 318 g/mol. The van der Waals surface area contributed by atoms with Crippen molar-refractivity contribution in [3.63, 3.8) is 0 Å². The molecule has 1 fully saturated rings. The number of rotatable bonds is 3. The molecular formula is C16H13NOS3. The molecule has 2 aromatic rings. The summed E-state index contributed by atoms with van der Waals surface area (Å²) in [4.78, 5) is 17.2. The SMILES string of the molecule is Cc1ccc(C=C2SC(=S)N(Cc3ccccc3)C2=O)s1. The highest BCUT2D eigenvalue weighted by atomic mass is 32.2. The van der Waals surface area contributed by atoms with E-state index in [9.17, 15) is 4.79 Å². The standard InChI is InChI=1S/C16H13NOS3/c1-11-7-8-13(20-11)9-14-15(18)17(16(19)21-14)10-12-5-3-2-4-6-12/h2-9H,10H2,1H3. The molecule has 2 nitrogen and oxygen atoms in total. The van der Waals surface area contributed by atoms with Crippen molar-refractivity contribution >= 4 is 51.6 Å². The fourth-order valence-corrected chi connectivity index (χ4v) is 4.20. The molecule has 3 rings (SSSR count). The van der Waals surface area contributed by atoms with Crippen LogP contribution < -0.4 is 0 Å². The van der Waals surface area contributed by atoms with Crippen molar-refractivity contribution in [2.24, 2.45) is 0 Å². The first-order valence-electron chi connectivity index (χ1n) is 6.49. The molecule has 0 radical (unpaired) electrons. The van der Waals surface area contributed by atoms with E-state index in [4.69, 9.17) is 12.2 Å². The number of carbonyl (C=O) groups is 1. The minimum Gasteiger partial charge on any atom is -0.288 e. The zero-order valence-electron chi connectivity index (χ0n) is 11.4. The smallest absolute Gasteiger partial charge is 0.266 e. The maximum atomic E-state index is 12.5. The Hall–Kier alpha value is -1.43. The largest absolute Gasteiger partial charge is 0.288 e. The van der Waals surface area contributed by atoms with E-state index in [1.807, 2.05) is 42.5 Å². The van der Waals surface area contributed by atoms with Gasteiger partial charge in [-0.05, 0) is 30.7 Å². The number of aryl methyl sites for hydroxylation is 1. The number of thiocarbonyl (C=S) groups is 1.